The molecule has 108 valence electrons. The van der Waals surface area contributed by atoms with Crippen LogP contribution >= 0.6 is 23.4 Å². The molecule has 1 N–H and O–H groups in total. The number of carbonyl (C=O) groups is 1. The average Bonchev–Trinajstić information content (AvgIpc) is 2.46. The van der Waals surface area contributed by atoms with Gasteiger partial charge in [0.2, 0.25) is 0 Å². The summed E-state index contributed by atoms with van der Waals surface area (Å²) in [4.78, 5) is 22.3. The van der Waals surface area contributed by atoms with Gasteiger partial charge in [0.15, 0.2) is 0 Å². The molecule has 0 bridgehead atoms. The quantitative estimate of drug-likeness (QED) is 0.505. The van der Waals surface area contributed by atoms with Crippen LogP contribution in [0.4, 0.5) is 5.69 Å². The van der Waals surface area contributed by atoms with Crippen LogP contribution in [0.2, 0.25) is 5.02 Å². The standard InChI is InChI=1S/C14H10ClNO4S/c15-11-3-5-12(6-4-11)21-8-10-2-1-9(14(17)18)7-13(10)16(19)20/h1-7H,8H2,(H,17,18). The van der Waals surface area contributed by atoms with Gasteiger partial charge in [-0.3, -0.25) is 10.1 Å². The van der Waals surface area contributed by atoms with Crippen molar-refractivity contribution in [3.63, 3.8) is 0 Å². The van der Waals surface area contributed by atoms with Gasteiger partial charge in [-0.05, 0) is 30.3 Å². The summed E-state index contributed by atoms with van der Waals surface area (Å²) in [6.07, 6.45) is 0. The van der Waals surface area contributed by atoms with Gasteiger partial charge in [-0.1, -0.05) is 17.7 Å². The van der Waals surface area contributed by atoms with Crippen LogP contribution in [0.5, 0.6) is 0 Å². The molecule has 0 aliphatic carbocycles. The first kappa shape index (κ1) is 15.3. The van der Waals surface area contributed by atoms with Crippen LogP contribution in [0.25, 0.3) is 0 Å². The van der Waals surface area contributed by atoms with Crippen LogP contribution in [-0.4, -0.2) is 16.0 Å². The summed E-state index contributed by atoms with van der Waals surface area (Å²) in [7, 11) is 0. The van der Waals surface area contributed by atoms with Crippen LogP contribution in [0.3, 0.4) is 0 Å². The normalized spacial score (nSPS) is 10.3. The number of carboxylic acids is 1. The largest absolute Gasteiger partial charge is 0.478 e. The Morgan fingerprint density at radius 1 is 1.24 bits per heavy atom. The van der Waals surface area contributed by atoms with Crippen molar-refractivity contribution in [2.24, 2.45) is 0 Å². The number of thioether (sulfide) groups is 1. The van der Waals surface area contributed by atoms with Crippen molar-refractivity contribution in [2.75, 3.05) is 0 Å². The van der Waals surface area contributed by atoms with Crippen molar-refractivity contribution in [1.29, 1.82) is 0 Å². The van der Waals surface area contributed by atoms with Crippen molar-refractivity contribution in [1.82, 2.24) is 0 Å². The van der Waals surface area contributed by atoms with E-state index in [-0.39, 0.29) is 11.3 Å². The van der Waals surface area contributed by atoms with Crippen LogP contribution in [0.1, 0.15) is 15.9 Å². The van der Waals surface area contributed by atoms with Gasteiger partial charge in [0.05, 0.1) is 10.5 Å². The zero-order valence-electron chi connectivity index (χ0n) is 10.7. The van der Waals surface area contributed by atoms with E-state index in [4.69, 9.17) is 16.7 Å². The third kappa shape index (κ3) is 3.96. The van der Waals surface area contributed by atoms with E-state index in [0.29, 0.717) is 16.3 Å². The lowest BCUT2D eigenvalue weighted by molar-refractivity contribution is -0.385. The highest BCUT2D eigenvalue weighted by Crippen LogP contribution is 2.29. The summed E-state index contributed by atoms with van der Waals surface area (Å²) < 4.78 is 0. The van der Waals surface area contributed by atoms with Crippen molar-refractivity contribution >= 4 is 35.0 Å². The molecular formula is C14H10ClNO4S. The van der Waals surface area contributed by atoms with Gasteiger partial charge in [-0.15, -0.1) is 11.8 Å². The molecule has 0 saturated heterocycles. The number of hydrogen-bond donors (Lipinski definition) is 1. The monoisotopic (exact) mass is 323 g/mol. The molecule has 0 saturated carbocycles. The molecule has 0 radical (unpaired) electrons. The molecule has 0 heterocycles. The summed E-state index contributed by atoms with van der Waals surface area (Å²) >= 11 is 7.21. The highest BCUT2D eigenvalue weighted by molar-refractivity contribution is 7.98. The van der Waals surface area contributed by atoms with Crippen LogP contribution in [-0.2, 0) is 5.75 Å². The van der Waals surface area contributed by atoms with Gasteiger partial charge >= 0.3 is 5.97 Å². The third-order valence-electron chi connectivity index (χ3n) is 2.74. The zero-order chi connectivity index (χ0) is 15.4. The highest BCUT2D eigenvalue weighted by Gasteiger charge is 2.17. The van der Waals surface area contributed by atoms with E-state index < -0.39 is 10.9 Å². The average molecular weight is 324 g/mol. The Morgan fingerprint density at radius 3 is 2.48 bits per heavy atom. The molecule has 7 heteroatoms. The molecule has 0 amide bonds. The zero-order valence-corrected chi connectivity index (χ0v) is 12.2. The van der Waals surface area contributed by atoms with Crippen LogP contribution in [0, 0.1) is 10.1 Å². The molecule has 0 unspecified atom stereocenters. The van der Waals surface area contributed by atoms with Crippen molar-refractivity contribution in [2.45, 2.75) is 10.6 Å². The number of rotatable bonds is 5. The highest BCUT2D eigenvalue weighted by atomic mass is 35.5. The Balaban J connectivity index is 2.21. The Labute approximate surface area is 129 Å². The fraction of sp³-hybridized carbons (Fsp3) is 0.0714. The molecule has 5 nitrogen and oxygen atoms in total. The first-order chi connectivity index (χ1) is 9.97. The lowest BCUT2D eigenvalue weighted by atomic mass is 10.1. The van der Waals surface area contributed by atoms with E-state index >= 15 is 0 Å². The number of hydrogen-bond acceptors (Lipinski definition) is 4. The van der Waals surface area contributed by atoms with Gasteiger partial charge < -0.3 is 5.11 Å². The fourth-order valence-corrected chi connectivity index (χ4v) is 2.70. The van der Waals surface area contributed by atoms with E-state index in [1.165, 1.54) is 23.9 Å². The van der Waals surface area contributed by atoms with Gasteiger partial charge in [0, 0.05) is 27.3 Å². The Hall–Kier alpha value is -2.05. The molecule has 21 heavy (non-hydrogen) atoms. The summed E-state index contributed by atoms with van der Waals surface area (Å²) in [6.45, 7) is 0. The van der Waals surface area contributed by atoms with E-state index in [2.05, 4.69) is 0 Å². The summed E-state index contributed by atoms with van der Waals surface area (Å²) in [5, 5.41) is 20.5. The summed E-state index contributed by atoms with van der Waals surface area (Å²) in [6, 6.07) is 11.1. The maximum Gasteiger partial charge on any atom is 0.335 e. The molecule has 0 aliphatic heterocycles. The predicted octanol–water partition coefficient (Wildman–Crippen LogP) is 4.24. The Kier molecular flexibility index (Phi) is 4.82. The van der Waals surface area contributed by atoms with E-state index in [0.717, 1.165) is 11.0 Å². The minimum absolute atomic E-state index is 0.0954. The first-order valence-corrected chi connectivity index (χ1v) is 7.22. The lowest BCUT2D eigenvalue weighted by Crippen LogP contribution is -2.00. The van der Waals surface area contributed by atoms with E-state index in [1.54, 1.807) is 12.1 Å². The number of aromatic carboxylic acids is 1. The number of benzene rings is 2. The molecule has 0 aliphatic rings. The second-order valence-electron chi connectivity index (χ2n) is 4.15. The van der Waals surface area contributed by atoms with Crippen LogP contribution < -0.4 is 0 Å². The summed E-state index contributed by atoms with van der Waals surface area (Å²) in [5.74, 6) is -0.812. The van der Waals surface area contributed by atoms with Gasteiger partial charge in [-0.25, -0.2) is 4.79 Å². The smallest absolute Gasteiger partial charge is 0.335 e. The lowest BCUT2D eigenvalue weighted by Gasteiger charge is -2.05. The van der Waals surface area contributed by atoms with Crippen molar-refractivity contribution < 1.29 is 14.8 Å². The molecule has 0 atom stereocenters. The molecular weight excluding hydrogens is 314 g/mol. The minimum atomic E-state index is -1.19. The van der Waals surface area contributed by atoms with E-state index in [1.807, 2.05) is 12.1 Å². The van der Waals surface area contributed by atoms with Gasteiger partial charge in [0.25, 0.3) is 5.69 Å². The fourth-order valence-electron chi connectivity index (χ4n) is 1.68. The van der Waals surface area contributed by atoms with Crippen LogP contribution in [0.15, 0.2) is 47.4 Å². The minimum Gasteiger partial charge on any atom is -0.478 e. The molecule has 0 spiro atoms. The number of halogens is 1. The molecule has 2 aromatic carbocycles. The van der Waals surface area contributed by atoms with Gasteiger partial charge in [-0.2, -0.15) is 0 Å². The number of nitrogens with zero attached hydrogens (tertiary/aromatic N) is 1. The SMILES string of the molecule is O=C(O)c1ccc(CSc2ccc(Cl)cc2)c([N+](=O)[O-])c1. The number of nitro groups is 1. The third-order valence-corrected chi connectivity index (χ3v) is 4.05. The maximum absolute atomic E-state index is 11.0. The molecule has 0 fully saturated rings. The van der Waals surface area contributed by atoms with E-state index in [9.17, 15) is 14.9 Å². The van der Waals surface area contributed by atoms with Gasteiger partial charge in [0.1, 0.15) is 0 Å². The molecule has 0 aromatic heterocycles. The predicted molar refractivity (Wildman–Crippen MR) is 81.1 cm³/mol. The second kappa shape index (κ2) is 6.60. The number of carboxylic acid groups (broad SMARTS) is 1. The Bertz CT molecular complexity index is 688. The second-order valence-corrected chi connectivity index (χ2v) is 5.63. The maximum atomic E-state index is 11.0. The first-order valence-electron chi connectivity index (χ1n) is 5.86. The number of nitro benzene ring substituents is 1. The summed E-state index contributed by atoms with van der Waals surface area (Å²) in [5.41, 5.74) is 0.197. The topological polar surface area (TPSA) is 80.4 Å². The van der Waals surface area contributed by atoms with Crippen molar-refractivity contribution in [3.05, 3.63) is 68.7 Å². The molecule has 2 rings (SSSR count). The van der Waals surface area contributed by atoms with Crippen molar-refractivity contribution in [3.8, 4) is 0 Å². The Morgan fingerprint density at radius 2 is 1.90 bits per heavy atom. The molecule has 2 aromatic rings.